The van der Waals surface area contributed by atoms with Crippen molar-refractivity contribution < 1.29 is 4.79 Å². The fraction of sp³-hybridized carbons (Fsp3) is 0.391. The number of benzene rings is 1. The van der Waals surface area contributed by atoms with Crippen LogP contribution in [0.4, 0.5) is 27.9 Å². The monoisotopic (exact) mass is 433 g/mol. The molecule has 32 heavy (non-hydrogen) atoms. The van der Waals surface area contributed by atoms with Gasteiger partial charge in [-0.25, -0.2) is 14.8 Å². The van der Waals surface area contributed by atoms with Gasteiger partial charge in [-0.3, -0.25) is 14.7 Å². The lowest BCUT2D eigenvalue weighted by atomic mass is 10.1. The molecular weight excluding hydrogens is 406 g/mol. The average Bonchev–Trinajstić information content (AvgIpc) is 3.30. The summed E-state index contributed by atoms with van der Waals surface area (Å²) in [7, 11) is 1.76. The predicted molar refractivity (Wildman–Crippen MR) is 126 cm³/mol. The highest BCUT2D eigenvalue weighted by molar-refractivity contribution is 5.98. The third kappa shape index (κ3) is 3.34. The number of fused-ring (bicyclic) bond motifs is 2. The second kappa shape index (κ2) is 7.81. The molecule has 0 spiro atoms. The highest BCUT2D eigenvalue weighted by Gasteiger charge is 2.39. The molecule has 2 amide bonds. The molecule has 3 heterocycles. The van der Waals surface area contributed by atoms with E-state index in [0.29, 0.717) is 18.2 Å². The molecule has 2 aliphatic rings. The van der Waals surface area contributed by atoms with Crippen LogP contribution in [-0.4, -0.2) is 45.6 Å². The van der Waals surface area contributed by atoms with E-state index in [2.05, 4.69) is 20.3 Å². The van der Waals surface area contributed by atoms with Crippen molar-refractivity contribution in [2.24, 2.45) is 0 Å². The Morgan fingerprint density at radius 3 is 2.72 bits per heavy atom. The van der Waals surface area contributed by atoms with Gasteiger partial charge in [0, 0.05) is 30.7 Å². The lowest BCUT2D eigenvalue weighted by Crippen LogP contribution is -2.59. The lowest BCUT2D eigenvalue weighted by Gasteiger charge is -2.45. The molecule has 1 aliphatic heterocycles. The van der Waals surface area contributed by atoms with Gasteiger partial charge >= 0.3 is 6.03 Å². The number of hydrogen-bond donors (Lipinski definition) is 2. The number of pyridine rings is 1. The molecule has 1 saturated carbocycles. The molecule has 0 atom stereocenters. The molecule has 2 N–H and O–H groups in total. The molecule has 1 fully saturated rings. The van der Waals surface area contributed by atoms with E-state index < -0.39 is 0 Å². The van der Waals surface area contributed by atoms with E-state index in [-0.39, 0.29) is 17.6 Å². The van der Waals surface area contributed by atoms with Crippen LogP contribution >= 0.6 is 0 Å². The van der Waals surface area contributed by atoms with Crippen molar-refractivity contribution in [1.82, 2.24) is 20.0 Å². The quantitative estimate of drug-likeness (QED) is 0.647. The molecule has 0 unspecified atom stereocenters. The summed E-state index contributed by atoms with van der Waals surface area (Å²) in [5.74, 6) is 1.18. The number of nitrogens with zero attached hydrogens (tertiary/aromatic N) is 5. The van der Waals surface area contributed by atoms with Crippen LogP contribution in [0.25, 0.3) is 10.9 Å². The van der Waals surface area contributed by atoms with Gasteiger partial charge in [-0.2, -0.15) is 4.98 Å². The number of H-pyrrole nitrogens is 1. The molecule has 9 heteroatoms. The third-order valence-corrected chi connectivity index (χ3v) is 6.37. The summed E-state index contributed by atoms with van der Waals surface area (Å²) in [6.45, 7) is 4.48. The van der Waals surface area contributed by atoms with Crippen LogP contribution in [-0.2, 0) is 0 Å². The maximum atomic E-state index is 13.0. The van der Waals surface area contributed by atoms with Gasteiger partial charge in [0.05, 0.1) is 17.8 Å². The Kier molecular flexibility index (Phi) is 4.96. The normalized spacial score (nSPS) is 16.7. The van der Waals surface area contributed by atoms with Crippen LogP contribution in [0, 0.1) is 6.92 Å². The second-order valence-corrected chi connectivity index (χ2v) is 8.44. The number of aromatic nitrogens is 3. The summed E-state index contributed by atoms with van der Waals surface area (Å²) in [4.78, 5) is 38.6. The van der Waals surface area contributed by atoms with Gasteiger partial charge in [0.1, 0.15) is 5.69 Å². The Hall–Kier alpha value is -3.62. The highest BCUT2D eigenvalue weighted by Crippen LogP contribution is 2.38. The van der Waals surface area contributed by atoms with Crippen molar-refractivity contribution in [3.63, 3.8) is 0 Å². The number of anilines is 4. The minimum Gasteiger partial charge on any atom is -0.324 e. The smallest absolute Gasteiger partial charge is 0.324 e. The number of hydrogen-bond acceptors (Lipinski definition) is 6. The van der Waals surface area contributed by atoms with E-state index in [1.165, 1.54) is 0 Å². The number of carbonyl (C=O) groups is 1. The Morgan fingerprint density at radius 1 is 1.19 bits per heavy atom. The van der Waals surface area contributed by atoms with E-state index in [1.807, 2.05) is 32.0 Å². The first-order chi connectivity index (χ1) is 15.5. The van der Waals surface area contributed by atoms with Crippen LogP contribution in [0.2, 0.25) is 0 Å². The number of urea groups is 1. The Bertz CT molecular complexity index is 1250. The van der Waals surface area contributed by atoms with E-state index >= 15 is 0 Å². The van der Waals surface area contributed by atoms with Crippen molar-refractivity contribution in [2.75, 3.05) is 28.8 Å². The van der Waals surface area contributed by atoms with Crippen molar-refractivity contribution in [3.8, 4) is 0 Å². The third-order valence-electron chi connectivity index (χ3n) is 6.37. The SMILES string of the molecule is CCN1C(=O)N(C)c2cnc(Nc3ccc4c(C)cc(=O)[nH]c4c3)nc2N1C1CCCC1. The number of carbonyl (C=O) groups excluding carboxylic acids is 1. The first-order valence-electron chi connectivity index (χ1n) is 11.1. The van der Waals surface area contributed by atoms with E-state index in [0.717, 1.165) is 53.7 Å². The minimum absolute atomic E-state index is 0.0648. The van der Waals surface area contributed by atoms with E-state index in [4.69, 9.17) is 4.98 Å². The Balaban J connectivity index is 1.53. The maximum absolute atomic E-state index is 13.0. The van der Waals surface area contributed by atoms with Crippen LogP contribution in [0.1, 0.15) is 38.2 Å². The van der Waals surface area contributed by atoms with Gasteiger partial charge in [-0.05, 0) is 44.4 Å². The summed E-state index contributed by atoms with van der Waals surface area (Å²) in [5, 5.41) is 8.10. The molecular formula is C23H27N7O2. The molecule has 5 rings (SSSR count). The molecule has 3 aromatic rings. The molecule has 0 radical (unpaired) electrons. The van der Waals surface area contributed by atoms with E-state index in [1.54, 1.807) is 29.2 Å². The zero-order chi connectivity index (χ0) is 22.4. The molecule has 0 bridgehead atoms. The molecule has 9 nitrogen and oxygen atoms in total. The van der Waals surface area contributed by atoms with Gasteiger partial charge in [0.2, 0.25) is 11.5 Å². The van der Waals surface area contributed by atoms with Crippen molar-refractivity contribution >= 4 is 40.1 Å². The second-order valence-electron chi connectivity index (χ2n) is 8.44. The number of hydrazine groups is 1. The summed E-state index contributed by atoms with van der Waals surface area (Å²) in [6, 6.07) is 7.58. The lowest BCUT2D eigenvalue weighted by molar-refractivity contribution is 0.191. The molecule has 1 aromatic carbocycles. The average molecular weight is 434 g/mol. The van der Waals surface area contributed by atoms with Gasteiger partial charge in [0.15, 0.2) is 5.82 Å². The zero-order valence-corrected chi connectivity index (χ0v) is 18.6. The maximum Gasteiger partial charge on any atom is 0.343 e. The summed E-state index contributed by atoms with van der Waals surface area (Å²) < 4.78 is 0. The Morgan fingerprint density at radius 2 is 1.97 bits per heavy atom. The van der Waals surface area contributed by atoms with Crippen molar-refractivity contribution in [2.45, 2.75) is 45.6 Å². The number of aryl methyl sites for hydroxylation is 1. The molecule has 1 aliphatic carbocycles. The van der Waals surface area contributed by atoms with Crippen molar-refractivity contribution in [1.29, 1.82) is 0 Å². The first kappa shape index (κ1) is 20.3. The highest BCUT2D eigenvalue weighted by atomic mass is 16.2. The van der Waals surface area contributed by atoms with E-state index in [9.17, 15) is 9.59 Å². The van der Waals surface area contributed by atoms with Gasteiger partial charge in [-0.1, -0.05) is 18.9 Å². The summed E-state index contributed by atoms with van der Waals surface area (Å²) in [5.41, 5.74) is 3.04. The van der Waals surface area contributed by atoms with Crippen LogP contribution in [0.15, 0.2) is 35.3 Å². The largest absolute Gasteiger partial charge is 0.343 e. The standard InChI is InChI=1S/C23H27N7O2/c1-4-29-23(32)28(3)19-13-24-22(27-21(19)30(29)16-7-5-6-8-16)25-15-9-10-17-14(2)11-20(31)26-18(17)12-15/h9-13,16H,4-8H2,1-3H3,(H,26,31)(H,24,25,27). The summed E-state index contributed by atoms with van der Waals surface area (Å²) >= 11 is 0. The fourth-order valence-corrected chi connectivity index (χ4v) is 4.76. The number of amides is 2. The topological polar surface area (TPSA) is 97.5 Å². The number of rotatable bonds is 4. The van der Waals surface area contributed by atoms with Gasteiger partial charge in [-0.15, -0.1) is 0 Å². The number of nitrogens with one attached hydrogen (secondary N) is 2. The predicted octanol–water partition coefficient (Wildman–Crippen LogP) is 3.93. The fourth-order valence-electron chi connectivity index (χ4n) is 4.76. The first-order valence-corrected chi connectivity index (χ1v) is 11.1. The van der Waals surface area contributed by atoms with Crippen molar-refractivity contribution in [3.05, 3.63) is 46.4 Å². The molecule has 2 aromatic heterocycles. The summed E-state index contributed by atoms with van der Waals surface area (Å²) in [6.07, 6.45) is 6.09. The van der Waals surface area contributed by atoms with Gasteiger partial charge < -0.3 is 10.3 Å². The van der Waals surface area contributed by atoms with Gasteiger partial charge in [0.25, 0.3) is 0 Å². The zero-order valence-electron chi connectivity index (χ0n) is 18.6. The molecule has 166 valence electrons. The Labute approximate surface area is 186 Å². The van der Waals surface area contributed by atoms with Crippen LogP contribution in [0.3, 0.4) is 0 Å². The van der Waals surface area contributed by atoms with Crippen LogP contribution in [0.5, 0.6) is 0 Å². The molecule has 0 saturated heterocycles. The number of aromatic amines is 1. The minimum atomic E-state index is -0.128. The van der Waals surface area contributed by atoms with Crippen LogP contribution < -0.4 is 20.8 Å².